The molecule has 0 unspecified atom stereocenters. The number of nitrogens with zero attached hydrogens (tertiary/aromatic N) is 2. The highest BCUT2D eigenvalue weighted by Gasteiger charge is 2.07. The van der Waals surface area contributed by atoms with Crippen LogP contribution in [0.1, 0.15) is 18.3 Å². The van der Waals surface area contributed by atoms with Crippen molar-refractivity contribution < 1.29 is 4.74 Å². The van der Waals surface area contributed by atoms with E-state index >= 15 is 0 Å². The Kier molecular flexibility index (Phi) is 4.22. The molecule has 0 aliphatic heterocycles. The first-order valence-corrected chi connectivity index (χ1v) is 6.41. The standard InChI is InChI=1S/C14H15ClN2O2/c1-3-13-16-12(15)8-14(18)17(13)9-10-5-4-6-11(7-10)19-2/h4-8H,3,9H2,1-2H3. The summed E-state index contributed by atoms with van der Waals surface area (Å²) in [6.07, 6.45) is 0.653. The van der Waals surface area contributed by atoms with Crippen molar-refractivity contribution in [1.29, 1.82) is 0 Å². The Hall–Kier alpha value is -1.81. The minimum atomic E-state index is -0.139. The van der Waals surface area contributed by atoms with Crippen LogP contribution in [0.5, 0.6) is 5.75 Å². The van der Waals surface area contributed by atoms with Gasteiger partial charge < -0.3 is 4.74 Å². The van der Waals surface area contributed by atoms with E-state index in [0.717, 1.165) is 11.3 Å². The van der Waals surface area contributed by atoms with Crippen LogP contribution in [0, 0.1) is 0 Å². The Balaban J connectivity index is 2.40. The average Bonchev–Trinajstić information content (AvgIpc) is 2.41. The average molecular weight is 279 g/mol. The van der Waals surface area contributed by atoms with Gasteiger partial charge in [-0.25, -0.2) is 4.98 Å². The number of methoxy groups -OCH3 is 1. The van der Waals surface area contributed by atoms with Gasteiger partial charge in [0.25, 0.3) is 5.56 Å². The highest BCUT2D eigenvalue weighted by molar-refractivity contribution is 6.29. The van der Waals surface area contributed by atoms with E-state index in [2.05, 4.69) is 4.98 Å². The Morgan fingerprint density at radius 3 is 2.84 bits per heavy atom. The molecule has 100 valence electrons. The van der Waals surface area contributed by atoms with Crippen molar-refractivity contribution in [1.82, 2.24) is 9.55 Å². The fourth-order valence-electron chi connectivity index (χ4n) is 1.92. The molecule has 0 aliphatic rings. The van der Waals surface area contributed by atoms with Gasteiger partial charge in [-0.3, -0.25) is 9.36 Å². The van der Waals surface area contributed by atoms with Crippen LogP contribution in [0.15, 0.2) is 35.1 Å². The molecule has 5 heteroatoms. The van der Waals surface area contributed by atoms with Crippen molar-refractivity contribution in [3.05, 3.63) is 57.2 Å². The quantitative estimate of drug-likeness (QED) is 0.807. The molecule has 0 bridgehead atoms. The zero-order valence-corrected chi connectivity index (χ0v) is 11.6. The molecule has 2 aromatic rings. The van der Waals surface area contributed by atoms with E-state index in [1.807, 2.05) is 31.2 Å². The van der Waals surface area contributed by atoms with Gasteiger partial charge in [0.15, 0.2) is 0 Å². The summed E-state index contributed by atoms with van der Waals surface area (Å²) in [6.45, 7) is 2.41. The predicted octanol–water partition coefficient (Wildman–Crippen LogP) is 2.52. The van der Waals surface area contributed by atoms with Crippen LogP contribution in [0.3, 0.4) is 0 Å². The maximum absolute atomic E-state index is 12.0. The normalized spacial score (nSPS) is 10.5. The number of aryl methyl sites for hydroxylation is 1. The third-order valence-electron chi connectivity index (χ3n) is 2.85. The number of rotatable bonds is 4. The predicted molar refractivity (Wildman–Crippen MR) is 75.0 cm³/mol. The van der Waals surface area contributed by atoms with Gasteiger partial charge in [0.1, 0.15) is 16.7 Å². The number of benzene rings is 1. The lowest BCUT2D eigenvalue weighted by Crippen LogP contribution is -2.24. The van der Waals surface area contributed by atoms with E-state index in [9.17, 15) is 4.79 Å². The second-order valence-corrected chi connectivity index (χ2v) is 4.51. The fourth-order valence-corrected chi connectivity index (χ4v) is 2.11. The summed E-state index contributed by atoms with van der Waals surface area (Å²) in [6, 6.07) is 8.95. The lowest BCUT2D eigenvalue weighted by molar-refractivity contribution is 0.414. The van der Waals surface area contributed by atoms with Crippen molar-refractivity contribution in [3.63, 3.8) is 0 Å². The number of hydrogen-bond donors (Lipinski definition) is 0. The Bertz CT molecular complexity index is 638. The number of hydrogen-bond acceptors (Lipinski definition) is 3. The highest BCUT2D eigenvalue weighted by Crippen LogP contribution is 2.14. The van der Waals surface area contributed by atoms with Crippen LogP contribution in [-0.2, 0) is 13.0 Å². The molecule has 0 spiro atoms. The summed E-state index contributed by atoms with van der Waals surface area (Å²) >= 11 is 5.81. The molecule has 0 saturated heterocycles. The van der Waals surface area contributed by atoms with Gasteiger partial charge in [-0.05, 0) is 17.7 Å². The molecule has 0 N–H and O–H groups in total. The van der Waals surface area contributed by atoms with E-state index in [1.165, 1.54) is 6.07 Å². The lowest BCUT2D eigenvalue weighted by Gasteiger charge is -2.11. The molecule has 19 heavy (non-hydrogen) atoms. The van der Waals surface area contributed by atoms with E-state index in [4.69, 9.17) is 16.3 Å². The zero-order valence-electron chi connectivity index (χ0n) is 10.9. The second-order valence-electron chi connectivity index (χ2n) is 4.12. The van der Waals surface area contributed by atoms with Crippen LogP contribution in [0.2, 0.25) is 5.15 Å². The summed E-state index contributed by atoms with van der Waals surface area (Å²) in [5, 5.41) is 0.240. The van der Waals surface area contributed by atoms with Crippen LogP contribution < -0.4 is 10.3 Å². The third kappa shape index (κ3) is 3.15. The summed E-state index contributed by atoms with van der Waals surface area (Å²) < 4.78 is 6.80. The Morgan fingerprint density at radius 1 is 1.37 bits per heavy atom. The fraction of sp³-hybridized carbons (Fsp3) is 0.286. The Morgan fingerprint density at radius 2 is 2.16 bits per heavy atom. The highest BCUT2D eigenvalue weighted by atomic mass is 35.5. The summed E-state index contributed by atoms with van der Waals surface area (Å²) in [7, 11) is 1.62. The molecule has 0 radical (unpaired) electrons. The summed E-state index contributed by atoms with van der Waals surface area (Å²) in [5.74, 6) is 1.45. The summed E-state index contributed by atoms with van der Waals surface area (Å²) in [5.41, 5.74) is 0.847. The lowest BCUT2D eigenvalue weighted by atomic mass is 10.2. The molecule has 0 amide bonds. The number of ether oxygens (including phenoxy) is 1. The molecule has 1 heterocycles. The van der Waals surface area contributed by atoms with Gasteiger partial charge in [-0.15, -0.1) is 0 Å². The maximum atomic E-state index is 12.0. The monoisotopic (exact) mass is 278 g/mol. The van der Waals surface area contributed by atoms with E-state index < -0.39 is 0 Å². The largest absolute Gasteiger partial charge is 0.497 e. The van der Waals surface area contributed by atoms with E-state index in [-0.39, 0.29) is 10.7 Å². The smallest absolute Gasteiger partial charge is 0.255 e. The van der Waals surface area contributed by atoms with Crippen molar-refractivity contribution >= 4 is 11.6 Å². The van der Waals surface area contributed by atoms with Gasteiger partial charge in [-0.2, -0.15) is 0 Å². The van der Waals surface area contributed by atoms with Crippen molar-refractivity contribution in [3.8, 4) is 5.75 Å². The molecule has 0 saturated carbocycles. The molecule has 4 nitrogen and oxygen atoms in total. The molecule has 1 aromatic carbocycles. The molecule has 0 aliphatic carbocycles. The minimum Gasteiger partial charge on any atom is -0.497 e. The van der Waals surface area contributed by atoms with Gasteiger partial charge >= 0.3 is 0 Å². The first-order chi connectivity index (χ1) is 9.13. The van der Waals surface area contributed by atoms with Crippen molar-refractivity contribution in [2.24, 2.45) is 0 Å². The van der Waals surface area contributed by atoms with Gasteiger partial charge in [0.2, 0.25) is 0 Å². The first-order valence-electron chi connectivity index (χ1n) is 6.03. The van der Waals surface area contributed by atoms with Gasteiger partial charge in [0.05, 0.1) is 13.7 Å². The minimum absolute atomic E-state index is 0.139. The van der Waals surface area contributed by atoms with Gasteiger partial charge in [-0.1, -0.05) is 30.7 Å². The SMILES string of the molecule is CCc1nc(Cl)cc(=O)n1Cc1cccc(OC)c1. The topological polar surface area (TPSA) is 44.1 Å². The van der Waals surface area contributed by atoms with Gasteiger partial charge in [0, 0.05) is 12.5 Å². The molecule has 0 atom stereocenters. The zero-order chi connectivity index (χ0) is 13.8. The second kappa shape index (κ2) is 5.89. The molecule has 1 aromatic heterocycles. The van der Waals surface area contributed by atoms with Crippen molar-refractivity contribution in [2.75, 3.05) is 7.11 Å². The Labute approximate surface area is 116 Å². The third-order valence-corrected chi connectivity index (χ3v) is 3.04. The van der Waals surface area contributed by atoms with Crippen LogP contribution in [0.4, 0.5) is 0 Å². The molecule has 2 rings (SSSR count). The number of aromatic nitrogens is 2. The van der Waals surface area contributed by atoms with Crippen LogP contribution in [0.25, 0.3) is 0 Å². The van der Waals surface area contributed by atoms with Crippen molar-refractivity contribution in [2.45, 2.75) is 19.9 Å². The molecular weight excluding hydrogens is 264 g/mol. The molecule has 0 fully saturated rings. The van der Waals surface area contributed by atoms with E-state index in [1.54, 1.807) is 11.7 Å². The maximum Gasteiger partial charge on any atom is 0.255 e. The van der Waals surface area contributed by atoms with Crippen LogP contribution in [-0.4, -0.2) is 16.7 Å². The van der Waals surface area contributed by atoms with Crippen LogP contribution >= 0.6 is 11.6 Å². The summed E-state index contributed by atoms with van der Waals surface area (Å²) in [4.78, 5) is 16.2. The molecular formula is C14H15ClN2O2. The van der Waals surface area contributed by atoms with E-state index in [0.29, 0.717) is 18.8 Å². The number of halogens is 1. The first kappa shape index (κ1) is 13.6.